The van der Waals surface area contributed by atoms with E-state index in [4.69, 9.17) is 0 Å². The van der Waals surface area contributed by atoms with Gasteiger partial charge in [0, 0.05) is 0 Å². The maximum Gasteiger partial charge on any atom is -0.0175 e. The number of aryl methyl sites for hydroxylation is 1. The highest BCUT2D eigenvalue weighted by atomic mass is 14.1. The highest BCUT2D eigenvalue weighted by molar-refractivity contribution is 5.81. The Morgan fingerprint density at radius 2 is 2.05 bits per heavy atom. The molecule has 102 valence electrons. The number of hydrogen-bond acceptors (Lipinski definition) is 0. The van der Waals surface area contributed by atoms with Gasteiger partial charge in [-0.1, -0.05) is 61.2 Å². The van der Waals surface area contributed by atoms with E-state index in [-0.39, 0.29) is 0 Å². The molecule has 0 amide bonds. The van der Waals surface area contributed by atoms with Gasteiger partial charge in [-0.15, -0.1) is 0 Å². The second-order valence-electron chi connectivity index (χ2n) is 5.08. The molecule has 0 spiro atoms. The molecule has 0 fully saturated rings. The monoisotopic (exact) mass is 262 g/mol. The van der Waals surface area contributed by atoms with Crippen LogP contribution < -0.4 is 0 Å². The van der Waals surface area contributed by atoms with E-state index in [0.29, 0.717) is 0 Å². The Bertz CT molecular complexity index is 607. The van der Waals surface area contributed by atoms with E-state index in [9.17, 15) is 0 Å². The van der Waals surface area contributed by atoms with Crippen LogP contribution in [0.2, 0.25) is 0 Å². The maximum absolute atomic E-state index is 3.81. The third kappa shape index (κ3) is 3.48. The van der Waals surface area contributed by atoms with Crippen molar-refractivity contribution in [3.8, 4) is 0 Å². The molecule has 0 aliphatic heterocycles. The van der Waals surface area contributed by atoms with Gasteiger partial charge >= 0.3 is 0 Å². The van der Waals surface area contributed by atoms with Gasteiger partial charge in [0.1, 0.15) is 0 Å². The van der Waals surface area contributed by atoms with Gasteiger partial charge in [-0.05, 0) is 60.6 Å². The predicted octanol–water partition coefficient (Wildman–Crippen LogP) is 5.87. The molecule has 1 aliphatic rings. The van der Waals surface area contributed by atoms with Crippen molar-refractivity contribution < 1.29 is 0 Å². The lowest BCUT2D eigenvalue weighted by molar-refractivity contribution is 1.04. The Kier molecular flexibility index (Phi) is 4.95. The first-order valence-corrected chi connectivity index (χ1v) is 7.19. The van der Waals surface area contributed by atoms with Gasteiger partial charge in [-0.2, -0.15) is 0 Å². The van der Waals surface area contributed by atoms with Gasteiger partial charge < -0.3 is 0 Å². The fraction of sp³-hybridized carbons (Fsp3) is 0.200. The zero-order valence-corrected chi connectivity index (χ0v) is 12.4. The van der Waals surface area contributed by atoms with E-state index in [0.717, 1.165) is 12.8 Å². The van der Waals surface area contributed by atoms with Gasteiger partial charge in [0.15, 0.2) is 0 Å². The highest BCUT2D eigenvalue weighted by Crippen LogP contribution is 2.26. The molecule has 1 aromatic rings. The summed E-state index contributed by atoms with van der Waals surface area (Å²) in [6.07, 6.45) is 17.2. The minimum absolute atomic E-state index is 1.14. The lowest BCUT2D eigenvalue weighted by Gasteiger charge is -2.11. The molecule has 1 aliphatic carbocycles. The van der Waals surface area contributed by atoms with Crippen molar-refractivity contribution in [3.05, 3.63) is 84.0 Å². The first-order chi connectivity index (χ1) is 9.74. The SMILES string of the molecule is C=C/C=C(\C=C/C)c1cc(C)cc(C2=CCCC=C2)c1. The molecule has 0 radical (unpaired) electrons. The first-order valence-electron chi connectivity index (χ1n) is 7.19. The van der Waals surface area contributed by atoms with E-state index < -0.39 is 0 Å². The summed E-state index contributed by atoms with van der Waals surface area (Å²) in [5.41, 5.74) is 6.37. The minimum Gasteiger partial charge on any atom is -0.0990 e. The van der Waals surface area contributed by atoms with Crippen LogP contribution in [0.15, 0.2) is 67.3 Å². The van der Waals surface area contributed by atoms with Crippen molar-refractivity contribution in [2.24, 2.45) is 0 Å². The van der Waals surface area contributed by atoms with Crippen LogP contribution >= 0.6 is 0 Å². The van der Waals surface area contributed by atoms with Crippen molar-refractivity contribution in [2.45, 2.75) is 26.7 Å². The lowest BCUT2D eigenvalue weighted by atomic mass is 9.93. The van der Waals surface area contributed by atoms with E-state index in [1.54, 1.807) is 0 Å². The van der Waals surface area contributed by atoms with E-state index in [2.05, 4.69) is 68.2 Å². The van der Waals surface area contributed by atoms with Crippen LogP contribution in [0.4, 0.5) is 0 Å². The molecule has 0 nitrogen and oxygen atoms in total. The molecule has 2 rings (SSSR count). The molecule has 0 heteroatoms. The number of benzene rings is 1. The molecular formula is C20H22. The Labute approximate surface area is 122 Å². The third-order valence-electron chi connectivity index (χ3n) is 3.38. The smallest absolute Gasteiger partial charge is 0.0175 e. The predicted molar refractivity (Wildman–Crippen MR) is 90.5 cm³/mol. The maximum atomic E-state index is 3.81. The summed E-state index contributed by atoms with van der Waals surface area (Å²) < 4.78 is 0. The molecule has 20 heavy (non-hydrogen) atoms. The number of hydrogen-bond donors (Lipinski definition) is 0. The fourth-order valence-electron chi connectivity index (χ4n) is 2.50. The second kappa shape index (κ2) is 6.91. The van der Waals surface area contributed by atoms with Crippen LogP contribution in [0.3, 0.4) is 0 Å². The second-order valence-corrected chi connectivity index (χ2v) is 5.08. The van der Waals surface area contributed by atoms with Crippen LogP contribution in [-0.2, 0) is 0 Å². The molecule has 1 aromatic carbocycles. The molecule has 0 aromatic heterocycles. The molecule has 0 N–H and O–H groups in total. The quantitative estimate of drug-likeness (QED) is 0.595. The standard InChI is InChI=1S/C20H22/c1-4-9-17(10-5-2)19-13-16(3)14-20(15-19)18-11-7-6-8-12-18/h4-5,7,9-15H,1,6,8H2,2-3H3/b10-5-,17-9+. The van der Waals surface area contributed by atoms with Gasteiger partial charge in [0.05, 0.1) is 0 Å². The van der Waals surface area contributed by atoms with Crippen molar-refractivity contribution >= 4 is 11.1 Å². The van der Waals surface area contributed by atoms with Gasteiger partial charge in [-0.3, -0.25) is 0 Å². The summed E-state index contributed by atoms with van der Waals surface area (Å²) in [6, 6.07) is 6.75. The Hall–Kier alpha value is -2.08. The van der Waals surface area contributed by atoms with Crippen LogP contribution in [-0.4, -0.2) is 0 Å². The van der Waals surface area contributed by atoms with E-state index in [1.165, 1.54) is 27.8 Å². The summed E-state index contributed by atoms with van der Waals surface area (Å²) in [7, 11) is 0. The van der Waals surface area contributed by atoms with E-state index >= 15 is 0 Å². The van der Waals surface area contributed by atoms with Crippen molar-refractivity contribution in [2.75, 3.05) is 0 Å². The average Bonchev–Trinajstić information content (AvgIpc) is 2.47. The van der Waals surface area contributed by atoms with E-state index in [1.807, 2.05) is 13.0 Å². The number of rotatable bonds is 4. The molecule has 0 saturated carbocycles. The van der Waals surface area contributed by atoms with Gasteiger partial charge in [-0.25, -0.2) is 0 Å². The molecule has 0 atom stereocenters. The topological polar surface area (TPSA) is 0 Å². The molecule has 0 bridgehead atoms. The normalized spacial score (nSPS) is 15.5. The minimum atomic E-state index is 1.14. The van der Waals surface area contributed by atoms with Crippen LogP contribution in [0.1, 0.15) is 36.5 Å². The molecule has 0 unspecified atom stereocenters. The summed E-state index contributed by atoms with van der Waals surface area (Å²) in [6.45, 7) is 8.01. The average molecular weight is 262 g/mol. The summed E-state index contributed by atoms with van der Waals surface area (Å²) in [5, 5.41) is 0. The Balaban J connectivity index is 2.47. The van der Waals surface area contributed by atoms with Crippen molar-refractivity contribution in [1.29, 1.82) is 0 Å². The molecule has 0 saturated heterocycles. The van der Waals surface area contributed by atoms with Crippen LogP contribution in [0.25, 0.3) is 11.1 Å². The Morgan fingerprint density at radius 1 is 1.20 bits per heavy atom. The fourth-order valence-corrected chi connectivity index (χ4v) is 2.50. The van der Waals surface area contributed by atoms with Crippen LogP contribution in [0.5, 0.6) is 0 Å². The summed E-state index contributed by atoms with van der Waals surface area (Å²) in [5.74, 6) is 0. The molecule has 0 heterocycles. The molecular weight excluding hydrogens is 240 g/mol. The summed E-state index contributed by atoms with van der Waals surface area (Å²) >= 11 is 0. The zero-order valence-electron chi connectivity index (χ0n) is 12.4. The van der Waals surface area contributed by atoms with Crippen molar-refractivity contribution in [1.82, 2.24) is 0 Å². The number of allylic oxidation sites excluding steroid dienone is 9. The van der Waals surface area contributed by atoms with Gasteiger partial charge in [0.2, 0.25) is 0 Å². The Morgan fingerprint density at radius 3 is 2.70 bits per heavy atom. The van der Waals surface area contributed by atoms with Crippen LogP contribution in [0, 0.1) is 6.92 Å². The lowest BCUT2D eigenvalue weighted by Crippen LogP contribution is -1.91. The summed E-state index contributed by atoms with van der Waals surface area (Å²) in [4.78, 5) is 0. The zero-order chi connectivity index (χ0) is 14.4. The van der Waals surface area contributed by atoms with Gasteiger partial charge in [0.25, 0.3) is 0 Å². The van der Waals surface area contributed by atoms with Crippen molar-refractivity contribution in [3.63, 3.8) is 0 Å². The first kappa shape index (κ1) is 14.3. The largest absolute Gasteiger partial charge is 0.0990 e. The third-order valence-corrected chi connectivity index (χ3v) is 3.38. The highest BCUT2D eigenvalue weighted by Gasteiger charge is 2.05.